The number of fused-ring (bicyclic) bond motifs is 2. The predicted octanol–water partition coefficient (Wildman–Crippen LogP) is 2.39. The zero-order valence-corrected chi connectivity index (χ0v) is 10.2. The Morgan fingerprint density at radius 1 is 1.39 bits per heavy atom. The minimum Gasteiger partial charge on any atom is -0.350 e. The number of hydrogen-bond acceptors (Lipinski definition) is 2. The van der Waals surface area contributed by atoms with E-state index in [0.717, 1.165) is 11.8 Å². The van der Waals surface area contributed by atoms with Crippen LogP contribution in [-0.4, -0.2) is 17.4 Å². The van der Waals surface area contributed by atoms with Gasteiger partial charge in [-0.05, 0) is 49.1 Å². The lowest BCUT2D eigenvalue weighted by atomic mass is 9.89. The van der Waals surface area contributed by atoms with Gasteiger partial charge in [0.2, 0.25) is 5.95 Å². The molecule has 4 heteroatoms. The Labute approximate surface area is 106 Å². The van der Waals surface area contributed by atoms with Crippen LogP contribution in [0.25, 0.3) is 0 Å². The Kier molecular flexibility index (Phi) is 3.02. The number of carbonyl (C=O) groups excluding carboxylic acids is 1. The Bertz CT molecular complexity index is 463. The summed E-state index contributed by atoms with van der Waals surface area (Å²) in [5.74, 6) is 1.40. The number of amides is 1. The summed E-state index contributed by atoms with van der Waals surface area (Å²) in [4.78, 5) is 15.4. The number of aromatic nitrogens is 1. The molecule has 2 saturated carbocycles. The summed E-state index contributed by atoms with van der Waals surface area (Å²) in [6.45, 7) is 0.707. The third-order valence-electron chi connectivity index (χ3n) is 4.36. The molecule has 18 heavy (non-hydrogen) atoms. The molecule has 3 rings (SSSR count). The van der Waals surface area contributed by atoms with Crippen LogP contribution in [0.2, 0.25) is 0 Å². The molecule has 2 fully saturated rings. The van der Waals surface area contributed by atoms with E-state index in [-0.39, 0.29) is 11.6 Å². The van der Waals surface area contributed by atoms with Gasteiger partial charge in [0.15, 0.2) is 0 Å². The first kappa shape index (κ1) is 11.6. The molecule has 3 atom stereocenters. The lowest BCUT2D eigenvalue weighted by Gasteiger charge is -2.21. The van der Waals surface area contributed by atoms with E-state index in [4.69, 9.17) is 0 Å². The summed E-state index contributed by atoms with van der Waals surface area (Å²) < 4.78 is 12.9. The van der Waals surface area contributed by atoms with Crippen molar-refractivity contribution in [2.24, 2.45) is 17.8 Å². The molecule has 1 heterocycles. The maximum atomic E-state index is 12.9. The van der Waals surface area contributed by atoms with Gasteiger partial charge in [0, 0.05) is 6.54 Å². The molecule has 2 bridgehead atoms. The van der Waals surface area contributed by atoms with Crippen LogP contribution in [0.5, 0.6) is 0 Å². The lowest BCUT2D eigenvalue weighted by Crippen LogP contribution is -2.32. The van der Waals surface area contributed by atoms with E-state index < -0.39 is 5.95 Å². The Balaban J connectivity index is 1.56. The zero-order valence-electron chi connectivity index (χ0n) is 10.2. The molecular weight excluding hydrogens is 231 g/mol. The minimum absolute atomic E-state index is 0.165. The van der Waals surface area contributed by atoms with Crippen LogP contribution >= 0.6 is 0 Å². The SMILES string of the molecule is O=C(NCC1CC2CCC1C2)c1cccc(F)n1. The van der Waals surface area contributed by atoms with Crippen LogP contribution in [0.15, 0.2) is 18.2 Å². The second-order valence-corrected chi connectivity index (χ2v) is 5.49. The molecule has 0 aromatic carbocycles. The van der Waals surface area contributed by atoms with Crippen LogP contribution in [-0.2, 0) is 0 Å². The number of nitrogens with zero attached hydrogens (tertiary/aromatic N) is 1. The smallest absolute Gasteiger partial charge is 0.270 e. The molecule has 1 N–H and O–H groups in total. The van der Waals surface area contributed by atoms with Crippen molar-refractivity contribution >= 4 is 5.91 Å². The molecule has 0 saturated heterocycles. The lowest BCUT2D eigenvalue weighted by molar-refractivity contribution is 0.0935. The Morgan fingerprint density at radius 2 is 2.28 bits per heavy atom. The van der Waals surface area contributed by atoms with Crippen LogP contribution < -0.4 is 5.32 Å². The molecule has 3 unspecified atom stereocenters. The molecular formula is C14H17FN2O. The van der Waals surface area contributed by atoms with Crippen LogP contribution in [0.1, 0.15) is 36.2 Å². The van der Waals surface area contributed by atoms with E-state index in [1.165, 1.54) is 37.8 Å². The second kappa shape index (κ2) is 4.67. The molecule has 0 radical (unpaired) electrons. The first-order valence-corrected chi connectivity index (χ1v) is 6.63. The van der Waals surface area contributed by atoms with Gasteiger partial charge in [0.1, 0.15) is 5.69 Å². The maximum absolute atomic E-state index is 12.9. The van der Waals surface area contributed by atoms with Crippen LogP contribution in [0.4, 0.5) is 4.39 Å². The number of carbonyl (C=O) groups is 1. The van der Waals surface area contributed by atoms with Gasteiger partial charge < -0.3 is 5.32 Å². The van der Waals surface area contributed by atoms with Gasteiger partial charge >= 0.3 is 0 Å². The third-order valence-corrected chi connectivity index (χ3v) is 4.36. The van der Waals surface area contributed by atoms with Gasteiger partial charge in [-0.2, -0.15) is 4.39 Å². The molecule has 3 nitrogen and oxygen atoms in total. The number of hydrogen-bond donors (Lipinski definition) is 1. The van der Waals surface area contributed by atoms with Crippen molar-refractivity contribution in [3.63, 3.8) is 0 Å². The molecule has 1 aromatic rings. The van der Waals surface area contributed by atoms with Gasteiger partial charge in [0.25, 0.3) is 5.91 Å². The average Bonchev–Trinajstić information content (AvgIpc) is 2.98. The summed E-state index contributed by atoms with van der Waals surface area (Å²) in [7, 11) is 0. The van der Waals surface area contributed by atoms with E-state index in [0.29, 0.717) is 12.5 Å². The molecule has 1 aromatic heterocycles. The third kappa shape index (κ3) is 2.24. The molecule has 0 aliphatic heterocycles. The molecule has 0 spiro atoms. The van der Waals surface area contributed by atoms with Crippen LogP contribution in [0.3, 0.4) is 0 Å². The standard InChI is InChI=1S/C14H17FN2O/c15-13-3-1-2-12(17-13)14(18)16-8-11-7-9-4-5-10(11)6-9/h1-3,9-11H,4-8H2,(H,16,18). The van der Waals surface area contributed by atoms with Crippen molar-refractivity contribution in [2.45, 2.75) is 25.7 Å². The first-order valence-electron chi connectivity index (χ1n) is 6.63. The highest BCUT2D eigenvalue weighted by molar-refractivity contribution is 5.92. The molecule has 2 aliphatic rings. The quantitative estimate of drug-likeness (QED) is 0.834. The number of halogens is 1. The monoisotopic (exact) mass is 248 g/mol. The molecule has 96 valence electrons. The fourth-order valence-electron chi connectivity index (χ4n) is 3.48. The number of nitrogens with one attached hydrogen (secondary N) is 1. The van der Waals surface area contributed by atoms with Gasteiger partial charge in [-0.25, -0.2) is 4.98 Å². The van der Waals surface area contributed by atoms with Gasteiger partial charge in [-0.1, -0.05) is 12.5 Å². The normalized spacial score (nSPS) is 29.5. The van der Waals surface area contributed by atoms with Crippen molar-refractivity contribution in [2.75, 3.05) is 6.54 Å². The predicted molar refractivity (Wildman–Crippen MR) is 65.5 cm³/mol. The van der Waals surface area contributed by atoms with Crippen LogP contribution in [0, 0.1) is 23.7 Å². The van der Waals surface area contributed by atoms with Crippen molar-refractivity contribution in [3.8, 4) is 0 Å². The summed E-state index contributed by atoms with van der Waals surface area (Å²) in [6, 6.07) is 4.29. The van der Waals surface area contributed by atoms with E-state index in [1.807, 2.05) is 0 Å². The van der Waals surface area contributed by atoms with E-state index >= 15 is 0 Å². The highest BCUT2D eigenvalue weighted by Gasteiger charge is 2.39. The average molecular weight is 248 g/mol. The van der Waals surface area contributed by atoms with E-state index in [2.05, 4.69) is 10.3 Å². The topological polar surface area (TPSA) is 42.0 Å². The fraction of sp³-hybridized carbons (Fsp3) is 0.571. The zero-order chi connectivity index (χ0) is 12.5. The summed E-state index contributed by atoms with van der Waals surface area (Å²) in [5, 5.41) is 2.88. The molecule has 2 aliphatic carbocycles. The second-order valence-electron chi connectivity index (χ2n) is 5.49. The van der Waals surface area contributed by atoms with Gasteiger partial charge in [0.05, 0.1) is 0 Å². The maximum Gasteiger partial charge on any atom is 0.270 e. The van der Waals surface area contributed by atoms with Crippen molar-refractivity contribution in [1.29, 1.82) is 0 Å². The summed E-state index contributed by atoms with van der Waals surface area (Å²) >= 11 is 0. The largest absolute Gasteiger partial charge is 0.350 e. The number of pyridine rings is 1. The Hall–Kier alpha value is -1.45. The summed E-state index contributed by atoms with van der Waals surface area (Å²) in [5.41, 5.74) is 0.165. The van der Waals surface area contributed by atoms with E-state index in [1.54, 1.807) is 6.07 Å². The highest BCUT2D eigenvalue weighted by atomic mass is 19.1. The minimum atomic E-state index is -0.609. The highest BCUT2D eigenvalue weighted by Crippen LogP contribution is 2.47. The van der Waals surface area contributed by atoms with Gasteiger partial charge in [-0.15, -0.1) is 0 Å². The van der Waals surface area contributed by atoms with E-state index in [9.17, 15) is 9.18 Å². The van der Waals surface area contributed by atoms with Crippen molar-refractivity contribution in [3.05, 3.63) is 29.8 Å². The first-order chi connectivity index (χ1) is 8.72. The van der Waals surface area contributed by atoms with Gasteiger partial charge in [-0.3, -0.25) is 4.79 Å². The van der Waals surface area contributed by atoms with Crippen molar-refractivity contribution < 1.29 is 9.18 Å². The summed E-state index contributed by atoms with van der Waals surface area (Å²) in [6.07, 6.45) is 5.24. The van der Waals surface area contributed by atoms with Crippen molar-refractivity contribution in [1.82, 2.24) is 10.3 Å². The fourth-order valence-corrected chi connectivity index (χ4v) is 3.48. The Morgan fingerprint density at radius 3 is 2.94 bits per heavy atom. The molecule has 1 amide bonds. The number of rotatable bonds is 3.